The number of cyclic esters (lactones) is 1. The molecule has 0 aromatic heterocycles. The summed E-state index contributed by atoms with van der Waals surface area (Å²) in [7, 11) is 0. The van der Waals surface area contributed by atoms with Crippen LogP contribution in [0.3, 0.4) is 0 Å². The fourth-order valence-electron chi connectivity index (χ4n) is 1.21. The van der Waals surface area contributed by atoms with Crippen molar-refractivity contribution in [3.05, 3.63) is 40.6 Å². The molecule has 1 aliphatic heterocycles. The Balaban J connectivity index is 2.30. The summed E-state index contributed by atoms with van der Waals surface area (Å²) in [6, 6.07) is 2.36. The molecule has 0 saturated heterocycles. The molecule has 1 N–H and O–H groups in total. The van der Waals surface area contributed by atoms with Gasteiger partial charge in [0.1, 0.15) is 22.4 Å². The van der Waals surface area contributed by atoms with Crippen LogP contribution in [0.15, 0.2) is 29.0 Å². The van der Waals surface area contributed by atoms with Gasteiger partial charge >= 0.3 is 5.97 Å². The first kappa shape index (κ1) is 11.8. The second kappa shape index (κ2) is 4.31. The van der Waals surface area contributed by atoms with Crippen LogP contribution in [0.5, 0.6) is 5.75 Å². The van der Waals surface area contributed by atoms with Crippen molar-refractivity contribution in [3.63, 3.8) is 0 Å². The van der Waals surface area contributed by atoms with E-state index in [0.717, 1.165) is 12.1 Å². The zero-order valence-electron chi connectivity index (χ0n) is 8.12. The largest absolute Gasteiger partial charge is 0.448 e. The average molecular weight is 263 g/mol. The Kier molecular flexibility index (Phi) is 2.99. The van der Waals surface area contributed by atoms with Gasteiger partial charge in [0, 0.05) is 18.2 Å². The predicted molar refractivity (Wildman–Crippen MR) is 52.0 cm³/mol. The van der Waals surface area contributed by atoms with E-state index in [-0.39, 0.29) is 10.8 Å². The first-order valence-corrected chi connectivity index (χ1v) is 4.78. The molecule has 0 aliphatic carbocycles. The second-order valence-corrected chi connectivity index (χ2v) is 3.55. The molecule has 90 valence electrons. The Labute approximate surface area is 99.0 Å². The summed E-state index contributed by atoms with van der Waals surface area (Å²) in [6.45, 7) is 0. The van der Waals surface area contributed by atoms with E-state index in [9.17, 15) is 13.6 Å². The van der Waals surface area contributed by atoms with Crippen LogP contribution in [0.1, 0.15) is 0 Å². The molecule has 0 saturated carbocycles. The van der Waals surface area contributed by atoms with Crippen molar-refractivity contribution in [1.29, 1.82) is 0 Å². The Morgan fingerprint density at radius 3 is 2.35 bits per heavy atom. The van der Waals surface area contributed by atoms with Crippen molar-refractivity contribution in [2.45, 2.75) is 6.29 Å². The number of hydrogen-bond donors (Lipinski definition) is 1. The number of esters is 1. The van der Waals surface area contributed by atoms with E-state index in [1.807, 2.05) is 0 Å². The molecule has 0 amide bonds. The number of ether oxygens (including phenoxy) is 2. The van der Waals surface area contributed by atoms with Crippen molar-refractivity contribution in [2.75, 3.05) is 0 Å². The molecule has 1 atom stereocenters. The van der Waals surface area contributed by atoms with Gasteiger partial charge in [0.05, 0.1) is 0 Å². The Morgan fingerprint density at radius 1 is 1.29 bits per heavy atom. The molecule has 0 fully saturated rings. The lowest BCUT2D eigenvalue weighted by molar-refractivity contribution is -0.153. The van der Waals surface area contributed by atoms with Gasteiger partial charge in [-0.05, 0) is 0 Å². The summed E-state index contributed by atoms with van der Waals surface area (Å²) in [5.41, 5.74) is 0. The van der Waals surface area contributed by atoms with Gasteiger partial charge in [0.15, 0.2) is 0 Å². The van der Waals surface area contributed by atoms with Gasteiger partial charge in [-0.3, -0.25) is 0 Å². The van der Waals surface area contributed by atoms with Crippen molar-refractivity contribution in [1.82, 2.24) is 0 Å². The van der Waals surface area contributed by atoms with Crippen molar-refractivity contribution < 1.29 is 28.2 Å². The molecular weight excluding hydrogens is 258 g/mol. The number of carbonyl (C=O) groups is 1. The van der Waals surface area contributed by atoms with Crippen LogP contribution in [0.25, 0.3) is 0 Å². The molecule has 0 bridgehead atoms. The first-order valence-electron chi connectivity index (χ1n) is 4.40. The number of benzene rings is 1. The summed E-state index contributed by atoms with van der Waals surface area (Å²) < 4.78 is 34.9. The number of rotatable bonds is 2. The maximum atomic E-state index is 12.8. The normalized spacial score (nSPS) is 19.5. The molecule has 17 heavy (non-hydrogen) atoms. The molecule has 1 heterocycles. The smallest absolute Gasteiger partial charge is 0.378 e. The van der Waals surface area contributed by atoms with Crippen molar-refractivity contribution in [3.8, 4) is 5.75 Å². The summed E-state index contributed by atoms with van der Waals surface area (Å²) in [4.78, 5) is 11.1. The van der Waals surface area contributed by atoms with Crippen LogP contribution in [0.2, 0.25) is 0 Å². The van der Waals surface area contributed by atoms with Crippen LogP contribution >= 0.6 is 11.6 Å². The minimum atomic E-state index is -1.61. The highest BCUT2D eigenvalue weighted by Crippen LogP contribution is 2.27. The quantitative estimate of drug-likeness (QED) is 0.824. The lowest BCUT2D eigenvalue weighted by Crippen LogP contribution is -2.09. The Hall–Kier alpha value is -1.66. The predicted octanol–water partition coefficient (Wildman–Crippen LogP) is 1.67. The van der Waals surface area contributed by atoms with Gasteiger partial charge < -0.3 is 14.6 Å². The van der Waals surface area contributed by atoms with Gasteiger partial charge in [-0.25, -0.2) is 13.6 Å². The van der Waals surface area contributed by atoms with Gasteiger partial charge in [-0.1, -0.05) is 11.6 Å². The third-order valence-corrected chi connectivity index (χ3v) is 2.25. The molecule has 1 aliphatic rings. The average Bonchev–Trinajstić information content (AvgIpc) is 2.44. The van der Waals surface area contributed by atoms with Crippen LogP contribution in [-0.4, -0.2) is 17.4 Å². The third-order valence-electron chi connectivity index (χ3n) is 1.89. The molecule has 1 unspecified atom stereocenters. The minimum absolute atomic E-state index is 0.262. The SMILES string of the molecule is O=C1OC(O)C(Cl)=C1Oc1cc(F)cc(F)c1. The van der Waals surface area contributed by atoms with Gasteiger partial charge in [-0.15, -0.1) is 0 Å². The van der Waals surface area contributed by atoms with E-state index in [4.69, 9.17) is 21.4 Å². The number of halogens is 3. The van der Waals surface area contributed by atoms with E-state index in [1.54, 1.807) is 0 Å². The van der Waals surface area contributed by atoms with E-state index < -0.39 is 29.7 Å². The highest BCUT2D eigenvalue weighted by Gasteiger charge is 2.34. The second-order valence-electron chi connectivity index (χ2n) is 3.14. The molecule has 1 aromatic carbocycles. The summed E-state index contributed by atoms with van der Waals surface area (Å²) in [5, 5.41) is 8.69. The molecule has 0 radical (unpaired) electrons. The molecular formula is C10H5ClF2O4. The number of aliphatic hydroxyl groups excluding tert-OH is 1. The summed E-state index contributed by atoms with van der Waals surface area (Å²) in [5.74, 6) is -3.51. The lowest BCUT2D eigenvalue weighted by Gasteiger charge is -2.04. The highest BCUT2D eigenvalue weighted by atomic mass is 35.5. The standard InChI is InChI=1S/C10H5ClF2O4/c11-7-8(10(15)17-9(7)14)16-6-2-4(12)1-5(13)3-6/h1-3,9,14H. The van der Waals surface area contributed by atoms with Gasteiger partial charge in [-0.2, -0.15) is 0 Å². The molecule has 7 heteroatoms. The first-order chi connectivity index (χ1) is 7.97. The van der Waals surface area contributed by atoms with Crippen LogP contribution in [-0.2, 0) is 9.53 Å². The minimum Gasteiger partial charge on any atom is -0.448 e. The van der Waals surface area contributed by atoms with Crippen molar-refractivity contribution in [2.24, 2.45) is 0 Å². The van der Waals surface area contributed by atoms with Gasteiger partial charge in [0.25, 0.3) is 0 Å². The van der Waals surface area contributed by atoms with E-state index in [0.29, 0.717) is 6.07 Å². The van der Waals surface area contributed by atoms with Crippen molar-refractivity contribution >= 4 is 17.6 Å². The maximum Gasteiger partial charge on any atom is 0.378 e. The Bertz CT molecular complexity index is 495. The fourth-order valence-corrected chi connectivity index (χ4v) is 1.37. The third kappa shape index (κ3) is 2.37. The number of aliphatic hydroxyl groups is 1. The van der Waals surface area contributed by atoms with Crippen LogP contribution in [0, 0.1) is 11.6 Å². The molecule has 2 rings (SSSR count). The lowest BCUT2D eigenvalue weighted by atomic mass is 10.3. The van der Waals surface area contributed by atoms with E-state index >= 15 is 0 Å². The van der Waals surface area contributed by atoms with E-state index in [2.05, 4.69) is 4.74 Å². The fraction of sp³-hybridized carbons (Fsp3) is 0.100. The molecule has 4 nitrogen and oxygen atoms in total. The summed E-state index contributed by atoms with van der Waals surface area (Å²) >= 11 is 5.52. The highest BCUT2D eigenvalue weighted by molar-refractivity contribution is 6.32. The van der Waals surface area contributed by atoms with Crippen LogP contribution in [0.4, 0.5) is 8.78 Å². The number of carbonyl (C=O) groups excluding carboxylic acids is 1. The monoisotopic (exact) mass is 262 g/mol. The van der Waals surface area contributed by atoms with Crippen LogP contribution < -0.4 is 4.74 Å². The molecule has 0 spiro atoms. The zero-order valence-corrected chi connectivity index (χ0v) is 8.87. The number of hydrogen-bond acceptors (Lipinski definition) is 4. The molecule has 1 aromatic rings. The Morgan fingerprint density at radius 2 is 1.88 bits per heavy atom. The maximum absolute atomic E-state index is 12.8. The van der Waals surface area contributed by atoms with Gasteiger partial charge in [0.2, 0.25) is 12.0 Å². The summed E-state index contributed by atoms with van der Waals surface area (Å²) in [6.07, 6.45) is -1.61. The zero-order chi connectivity index (χ0) is 12.6. The van der Waals surface area contributed by atoms with E-state index in [1.165, 1.54) is 0 Å². The topological polar surface area (TPSA) is 55.8 Å².